The lowest BCUT2D eigenvalue weighted by Gasteiger charge is -2.38. The molecule has 0 bridgehead atoms. The second kappa shape index (κ2) is 4.16. The molecule has 0 saturated heterocycles. The van der Waals surface area contributed by atoms with Gasteiger partial charge >= 0.3 is 0 Å². The first-order valence-corrected chi connectivity index (χ1v) is 7.09. The summed E-state index contributed by atoms with van der Waals surface area (Å²) in [5.41, 5.74) is 2.92. The van der Waals surface area contributed by atoms with Gasteiger partial charge in [-0.15, -0.1) is 0 Å². The number of aliphatic hydroxyl groups is 1. The normalized spacial score (nSPS) is 27.8. The maximum absolute atomic E-state index is 10.0. The van der Waals surface area contributed by atoms with Crippen LogP contribution in [0, 0.1) is 0 Å². The van der Waals surface area contributed by atoms with Gasteiger partial charge in [0.1, 0.15) is 0 Å². The van der Waals surface area contributed by atoms with Crippen LogP contribution in [-0.4, -0.2) is 9.67 Å². The van der Waals surface area contributed by atoms with E-state index in [9.17, 15) is 5.11 Å². The van der Waals surface area contributed by atoms with Crippen LogP contribution in [-0.2, 0) is 12.0 Å². The molecule has 0 amide bonds. The molecule has 1 atom stereocenters. The van der Waals surface area contributed by atoms with Crippen LogP contribution in [0.15, 0.2) is 12.3 Å². The van der Waals surface area contributed by atoms with E-state index in [1.54, 1.807) is 0 Å². The first kappa shape index (κ1) is 11.3. The molecule has 0 aliphatic heterocycles. The lowest BCUT2D eigenvalue weighted by atomic mass is 9.82. The summed E-state index contributed by atoms with van der Waals surface area (Å²) in [6.45, 7) is 2.40. The predicted octanol–water partition coefficient (Wildman–Crippen LogP) is 3.54. The molecule has 2 nitrogen and oxygen atoms in total. The second-order valence-corrected chi connectivity index (χ2v) is 6.05. The monoisotopic (exact) mass is 233 g/mol. The van der Waals surface area contributed by atoms with Crippen molar-refractivity contribution in [2.75, 3.05) is 0 Å². The largest absolute Gasteiger partial charge is 0.388 e. The highest BCUT2D eigenvalue weighted by molar-refractivity contribution is 5.28. The third-order valence-corrected chi connectivity index (χ3v) is 4.79. The van der Waals surface area contributed by atoms with E-state index in [1.165, 1.54) is 43.4 Å². The van der Waals surface area contributed by atoms with Gasteiger partial charge < -0.3 is 9.67 Å². The fourth-order valence-electron chi connectivity index (χ4n) is 3.73. The number of hydrogen-bond donors (Lipinski definition) is 1. The fraction of sp³-hybridized carbons (Fsp3) is 0.733. The molecule has 1 heterocycles. The van der Waals surface area contributed by atoms with Gasteiger partial charge in [0.15, 0.2) is 0 Å². The fourth-order valence-corrected chi connectivity index (χ4v) is 3.73. The molecule has 1 N–H and O–H groups in total. The highest BCUT2D eigenvalue weighted by Crippen LogP contribution is 2.39. The van der Waals surface area contributed by atoms with Crippen LogP contribution >= 0.6 is 0 Å². The maximum Gasteiger partial charge on any atom is 0.0807 e. The number of nitrogens with zero attached hydrogens (tertiary/aromatic N) is 1. The SMILES string of the molecule is CC1(n2ccc3c2CCCC3O)CCCCC1. The van der Waals surface area contributed by atoms with E-state index in [4.69, 9.17) is 0 Å². The van der Waals surface area contributed by atoms with Crippen molar-refractivity contribution >= 4 is 0 Å². The zero-order valence-electron chi connectivity index (χ0n) is 10.8. The molecule has 1 unspecified atom stereocenters. The molecule has 0 spiro atoms. The van der Waals surface area contributed by atoms with Crippen LogP contribution < -0.4 is 0 Å². The minimum Gasteiger partial charge on any atom is -0.388 e. The molecule has 0 radical (unpaired) electrons. The van der Waals surface area contributed by atoms with Crippen molar-refractivity contribution in [3.63, 3.8) is 0 Å². The third-order valence-electron chi connectivity index (χ3n) is 4.79. The van der Waals surface area contributed by atoms with E-state index in [1.807, 2.05) is 0 Å². The van der Waals surface area contributed by atoms with Gasteiger partial charge in [0, 0.05) is 23.0 Å². The van der Waals surface area contributed by atoms with Gasteiger partial charge in [-0.2, -0.15) is 0 Å². The smallest absolute Gasteiger partial charge is 0.0807 e. The molecule has 1 fully saturated rings. The number of aliphatic hydroxyl groups excluding tert-OH is 1. The molecular formula is C15H23NO. The van der Waals surface area contributed by atoms with Gasteiger partial charge in [-0.05, 0) is 45.1 Å². The lowest BCUT2D eigenvalue weighted by Crippen LogP contribution is -2.34. The Bertz CT molecular complexity index is 401. The van der Waals surface area contributed by atoms with Gasteiger partial charge in [-0.1, -0.05) is 19.3 Å². The van der Waals surface area contributed by atoms with Crippen molar-refractivity contribution in [1.29, 1.82) is 0 Å². The Labute approximate surface area is 104 Å². The van der Waals surface area contributed by atoms with Crippen LogP contribution in [0.4, 0.5) is 0 Å². The summed E-state index contributed by atoms with van der Waals surface area (Å²) in [7, 11) is 0. The number of aromatic nitrogens is 1. The molecule has 1 saturated carbocycles. The Balaban J connectivity index is 1.98. The van der Waals surface area contributed by atoms with E-state index in [-0.39, 0.29) is 6.10 Å². The second-order valence-electron chi connectivity index (χ2n) is 6.05. The zero-order chi connectivity index (χ0) is 11.9. The van der Waals surface area contributed by atoms with Gasteiger partial charge in [-0.25, -0.2) is 0 Å². The van der Waals surface area contributed by atoms with Gasteiger partial charge in [-0.3, -0.25) is 0 Å². The topological polar surface area (TPSA) is 25.2 Å². The Morgan fingerprint density at radius 1 is 1.24 bits per heavy atom. The molecule has 3 rings (SSSR count). The maximum atomic E-state index is 10.0. The van der Waals surface area contributed by atoms with E-state index < -0.39 is 0 Å². The van der Waals surface area contributed by atoms with E-state index in [2.05, 4.69) is 23.8 Å². The van der Waals surface area contributed by atoms with Gasteiger partial charge in [0.25, 0.3) is 0 Å². The zero-order valence-corrected chi connectivity index (χ0v) is 10.8. The number of fused-ring (bicyclic) bond motifs is 1. The summed E-state index contributed by atoms with van der Waals surface area (Å²) in [4.78, 5) is 0. The molecule has 2 heteroatoms. The molecule has 0 aromatic carbocycles. The molecule has 94 valence electrons. The van der Waals surface area contributed by atoms with Crippen molar-refractivity contribution in [1.82, 2.24) is 4.57 Å². The predicted molar refractivity (Wildman–Crippen MR) is 69.1 cm³/mol. The van der Waals surface area contributed by atoms with Crippen molar-refractivity contribution < 1.29 is 5.11 Å². The van der Waals surface area contributed by atoms with Crippen LogP contribution in [0.2, 0.25) is 0 Å². The highest BCUT2D eigenvalue weighted by Gasteiger charge is 2.32. The molecular weight excluding hydrogens is 210 g/mol. The molecule has 17 heavy (non-hydrogen) atoms. The Hall–Kier alpha value is -0.760. The van der Waals surface area contributed by atoms with Crippen LogP contribution in [0.1, 0.15) is 69.2 Å². The summed E-state index contributed by atoms with van der Waals surface area (Å²) in [6.07, 6.45) is 11.9. The lowest BCUT2D eigenvalue weighted by molar-refractivity contribution is 0.151. The highest BCUT2D eigenvalue weighted by atomic mass is 16.3. The van der Waals surface area contributed by atoms with E-state index >= 15 is 0 Å². The number of rotatable bonds is 1. The quantitative estimate of drug-likeness (QED) is 0.788. The van der Waals surface area contributed by atoms with Crippen LogP contribution in [0.5, 0.6) is 0 Å². The van der Waals surface area contributed by atoms with Crippen LogP contribution in [0.25, 0.3) is 0 Å². The third kappa shape index (κ3) is 1.83. The van der Waals surface area contributed by atoms with Crippen molar-refractivity contribution in [3.8, 4) is 0 Å². The van der Waals surface area contributed by atoms with E-state index in [0.29, 0.717) is 5.54 Å². The molecule has 1 aromatic rings. The first-order chi connectivity index (χ1) is 8.21. The summed E-state index contributed by atoms with van der Waals surface area (Å²) >= 11 is 0. The summed E-state index contributed by atoms with van der Waals surface area (Å²) < 4.78 is 2.49. The average molecular weight is 233 g/mol. The molecule has 1 aromatic heterocycles. The van der Waals surface area contributed by atoms with Crippen molar-refractivity contribution in [2.45, 2.75) is 69.9 Å². The Morgan fingerprint density at radius 2 is 2.00 bits per heavy atom. The summed E-state index contributed by atoms with van der Waals surface area (Å²) in [5.74, 6) is 0. The Morgan fingerprint density at radius 3 is 2.76 bits per heavy atom. The Kier molecular flexibility index (Phi) is 2.78. The first-order valence-electron chi connectivity index (χ1n) is 7.09. The molecule has 2 aliphatic carbocycles. The van der Waals surface area contributed by atoms with Crippen molar-refractivity contribution in [2.24, 2.45) is 0 Å². The van der Waals surface area contributed by atoms with Crippen LogP contribution in [0.3, 0.4) is 0 Å². The molecule has 2 aliphatic rings. The average Bonchev–Trinajstić information content (AvgIpc) is 2.76. The summed E-state index contributed by atoms with van der Waals surface area (Å²) in [6, 6.07) is 2.15. The minimum atomic E-state index is -0.216. The van der Waals surface area contributed by atoms with E-state index in [0.717, 1.165) is 19.3 Å². The number of hydrogen-bond acceptors (Lipinski definition) is 1. The minimum absolute atomic E-state index is 0.216. The van der Waals surface area contributed by atoms with Gasteiger partial charge in [0.2, 0.25) is 0 Å². The van der Waals surface area contributed by atoms with Crippen molar-refractivity contribution in [3.05, 3.63) is 23.5 Å². The standard InChI is InChI=1S/C15H23NO/c1-15(9-3-2-4-10-15)16-11-8-12-13(16)6-5-7-14(12)17/h8,11,14,17H,2-7,9-10H2,1H3. The summed E-state index contributed by atoms with van der Waals surface area (Å²) in [5, 5.41) is 10.0. The van der Waals surface area contributed by atoms with Gasteiger partial charge in [0.05, 0.1) is 6.10 Å².